The molecule has 2 heterocycles. The summed E-state index contributed by atoms with van der Waals surface area (Å²) in [6.07, 6.45) is 6.59. The topological polar surface area (TPSA) is 64.3 Å². The van der Waals surface area contributed by atoms with Crippen LogP contribution in [0.5, 0.6) is 5.75 Å². The van der Waals surface area contributed by atoms with Crippen molar-refractivity contribution < 1.29 is 4.74 Å². The van der Waals surface area contributed by atoms with Crippen LogP contribution >= 0.6 is 24.2 Å². The molecular formula is C26H31ClN4OS. The van der Waals surface area contributed by atoms with Gasteiger partial charge in [-0.05, 0) is 66.3 Å². The first-order chi connectivity index (χ1) is 15.9. The van der Waals surface area contributed by atoms with Gasteiger partial charge in [0.25, 0.3) is 0 Å². The van der Waals surface area contributed by atoms with E-state index in [9.17, 15) is 0 Å². The second-order valence-corrected chi connectivity index (χ2v) is 9.70. The Morgan fingerprint density at radius 1 is 1.09 bits per heavy atom. The number of nitrogens with zero attached hydrogens (tertiary/aromatic N) is 3. The lowest BCUT2D eigenvalue weighted by Gasteiger charge is -2.33. The monoisotopic (exact) mass is 482 g/mol. The molecule has 0 unspecified atom stereocenters. The molecule has 0 saturated carbocycles. The third-order valence-electron chi connectivity index (χ3n) is 6.38. The van der Waals surface area contributed by atoms with Gasteiger partial charge in [-0.3, -0.25) is 0 Å². The lowest BCUT2D eigenvalue weighted by atomic mass is 9.76. The predicted octanol–water partition coefficient (Wildman–Crippen LogP) is 5.84. The maximum Gasteiger partial charge on any atom is 0.135 e. The molecule has 0 saturated heterocycles. The molecule has 3 aromatic rings. The third kappa shape index (κ3) is 5.07. The van der Waals surface area contributed by atoms with Crippen molar-refractivity contribution in [1.82, 2.24) is 9.97 Å². The summed E-state index contributed by atoms with van der Waals surface area (Å²) in [4.78, 5) is 11.7. The van der Waals surface area contributed by atoms with Crippen molar-refractivity contribution in [2.75, 3.05) is 30.0 Å². The number of aryl methyl sites for hydroxylation is 1. The number of hydrogen-bond donors (Lipinski definition) is 2. The van der Waals surface area contributed by atoms with Crippen molar-refractivity contribution in [2.24, 2.45) is 5.41 Å². The van der Waals surface area contributed by atoms with E-state index in [2.05, 4.69) is 54.6 Å². The van der Waals surface area contributed by atoms with E-state index in [1.807, 2.05) is 18.2 Å². The smallest absolute Gasteiger partial charge is 0.135 e. The molecule has 33 heavy (non-hydrogen) atoms. The van der Waals surface area contributed by atoms with Gasteiger partial charge in [-0.2, -0.15) is 12.6 Å². The Morgan fingerprint density at radius 3 is 2.64 bits per heavy atom. The van der Waals surface area contributed by atoms with Gasteiger partial charge in [0.2, 0.25) is 0 Å². The summed E-state index contributed by atoms with van der Waals surface area (Å²) >= 11 is 9.63. The van der Waals surface area contributed by atoms with Crippen LogP contribution in [0.15, 0.2) is 42.7 Å². The number of anilines is 2. The predicted molar refractivity (Wildman–Crippen MR) is 141 cm³/mol. The largest absolute Gasteiger partial charge is 0.491 e. The molecule has 0 radical (unpaired) electrons. The zero-order chi connectivity index (χ0) is 23.6. The van der Waals surface area contributed by atoms with Crippen molar-refractivity contribution in [3.05, 3.63) is 64.6 Å². The normalized spacial score (nSPS) is 16.5. The Hall–Kier alpha value is -2.44. The van der Waals surface area contributed by atoms with Crippen molar-refractivity contribution in [3.63, 3.8) is 0 Å². The molecule has 0 amide bonds. The van der Waals surface area contributed by atoms with Gasteiger partial charge < -0.3 is 15.4 Å². The lowest BCUT2D eigenvalue weighted by molar-refractivity contribution is 0.310. The average Bonchev–Trinajstić information content (AvgIpc) is 3.03. The fraction of sp³-hybridized carbons (Fsp3) is 0.385. The van der Waals surface area contributed by atoms with E-state index < -0.39 is 0 Å². The first-order valence-corrected chi connectivity index (χ1v) is 12.5. The number of rotatable bonds is 2. The Morgan fingerprint density at radius 2 is 1.85 bits per heavy atom. The summed E-state index contributed by atoms with van der Waals surface area (Å²) in [5, 5.41) is 0.574. The van der Waals surface area contributed by atoms with Crippen molar-refractivity contribution in [2.45, 2.75) is 39.7 Å². The van der Waals surface area contributed by atoms with Crippen LogP contribution in [0.2, 0.25) is 5.02 Å². The van der Waals surface area contributed by atoms with Crippen LogP contribution in [0.3, 0.4) is 0 Å². The molecule has 7 heteroatoms. The first-order valence-electron chi connectivity index (χ1n) is 11.2. The fourth-order valence-corrected chi connectivity index (χ4v) is 4.73. The summed E-state index contributed by atoms with van der Waals surface area (Å²) in [7, 11) is 0. The summed E-state index contributed by atoms with van der Waals surface area (Å²) in [6, 6.07) is 12.1. The van der Waals surface area contributed by atoms with Crippen LogP contribution in [0.1, 0.15) is 37.1 Å². The molecule has 1 aliphatic heterocycles. The molecule has 5 rings (SSSR count). The number of fused-ring (bicyclic) bond motifs is 2. The highest BCUT2D eigenvalue weighted by atomic mass is 35.5. The fourth-order valence-electron chi connectivity index (χ4n) is 4.61. The molecule has 1 aromatic heterocycles. The lowest BCUT2D eigenvalue weighted by Crippen LogP contribution is -2.31. The minimum absolute atomic E-state index is 0.272. The minimum atomic E-state index is 0.272. The van der Waals surface area contributed by atoms with Crippen LogP contribution in [0.25, 0.3) is 11.1 Å². The number of ether oxygens (including phenoxy) is 1. The molecule has 2 aliphatic rings. The number of halogens is 1. The zero-order valence-corrected chi connectivity index (χ0v) is 21.1. The van der Waals surface area contributed by atoms with Gasteiger partial charge in [0.1, 0.15) is 24.5 Å². The maximum absolute atomic E-state index is 6.11. The van der Waals surface area contributed by atoms with Gasteiger partial charge in [0.05, 0.1) is 17.3 Å². The Balaban J connectivity index is 0.00000126. The number of nitrogen functional groups attached to an aromatic ring is 1. The van der Waals surface area contributed by atoms with E-state index in [0.29, 0.717) is 17.3 Å². The van der Waals surface area contributed by atoms with Crippen LogP contribution in [-0.4, -0.2) is 29.4 Å². The summed E-state index contributed by atoms with van der Waals surface area (Å²) in [5.74, 6) is 1.98. The van der Waals surface area contributed by atoms with E-state index in [-0.39, 0.29) is 5.41 Å². The van der Waals surface area contributed by atoms with E-state index in [1.54, 1.807) is 12.6 Å². The molecule has 1 aliphatic carbocycles. The highest BCUT2D eigenvalue weighted by molar-refractivity contribution is 7.79. The number of nitrogens with two attached hydrogens (primary N) is 1. The van der Waals surface area contributed by atoms with Crippen LogP contribution in [0, 0.1) is 5.41 Å². The second kappa shape index (κ2) is 9.82. The molecule has 2 N–H and O–H groups in total. The standard InChI is InChI=1S/C25H27ClN4O.CH4S/c1-25(2)8-7-22-19(13-25)24(29-15-28-22)30-9-10-31-23-6-4-16(11-18(23)14-30)17-3-5-20(26)21(27)12-17;1-2/h3-6,11-12,15H,7-10,13-14,27H2,1-2H3;2H,1H3. The maximum atomic E-state index is 6.11. The first kappa shape index (κ1) is 23.7. The summed E-state index contributed by atoms with van der Waals surface area (Å²) in [5.41, 5.74) is 12.7. The van der Waals surface area contributed by atoms with Crippen LogP contribution in [0.4, 0.5) is 11.5 Å². The molecule has 0 atom stereocenters. The molecule has 0 fully saturated rings. The molecule has 2 aromatic carbocycles. The van der Waals surface area contributed by atoms with E-state index in [4.69, 9.17) is 27.1 Å². The number of hydrogen-bond acceptors (Lipinski definition) is 6. The number of thiol groups is 1. The summed E-state index contributed by atoms with van der Waals surface area (Å²) < 4.78 is 6.09. The number of aromatic nitrogens is 2. The van der Waals surface area contributed by atoms with Crippen molar-refractivity contribution >= 4 is 35.7 Å². The third-order valence-corrected chi connectivity index (χ3v) is 6.72. The summed E-state index contributed by atoms with van der Waals surface area (Å²) in [6.45, 7) is 6.83. The van der Waals surface area contributed by atoms with Crippen LogP contribution < -0.4 is 15.4 Å². The van der Waals surface area contributed by atoms with Crippen LogP contribution in [-0.2, 0) is 19.4 Å². The quantitative estimate of drug-likeness (QED) is 0.355. The van der Waals surface area contributed by atoms with Gasteiger partial charge in [0.15, 0.2) is 0 Å². The van der Waals surface area contributed by atoms with Gasteiger partial charge in [-0.25, -0.2) is 9.97 Å². The minimum Gasteiger partial charge on any atom is -0.491 e. The highest BCUT2D eigenvalue weighted by Crippen LogP contribution is 2.39. The van der Waals surface area contributed by atoms with E-state index in [1.165, 1.54) is 11.3 Å². The van der Waals surface area contributed by atoms with Gasteiger partial charge in [0, 0.05) is 23.4 Å². The van der Waals surface area contributed by atoms with Gasteiger partial charge in [-0.15, -0.1) is 0 Å². The molecular weight excluding hydrogens is 452 g/mol. The molecule has 174 valence electrons. The molecule has 0 spiro atoms. The second-order valence-electron chi connectivity index (χ2n) is 9.29. The highest BCUT2D eigenvalue weighted by Gasteiger charge is 2.30. The molecule has 5 nitrogen and oxygen atoms in total. The van der Waals surface area contributed by atoms with E-state index in [0.717, 1.165) is 60.6 Å². The molecule has 0 bridgehead atoms. The SMILES string of the molecule is CC1(C)CCc2ncnc(N3CCOc4ccc(-c5ccc(Cl)c(N)c5)cc4C3)c2C1.CS. The Labute approximate surface area is 206 Å². The van der Waals surface area contributed by atoms with Crippen molar-refractivity contribution in [3.8, 4) is 16.9 Å². The Bertz CT molecular complexity index is 1150. The average molecular weight is 483 g/mol. The van der Waals surface area contributed by atoms with Crippen molar-refractivity contribution in [1.29, 1.82) is 0 Å². The van der Waals surface area contributed by atoms with E-state index >= 15 is 0 Å². The van der Waals surface area contributed by atoms with Gasteiger partial charge in [-0.1, -0.05) is 37.6 Å². The number of benzene rings is 2. The van der Waals surface area contributed by atoms with Gasteiger partial charge >= 0.3 is 0 Å². The Kier molecular flexibility index (Phi) is 7.05. The zero-order valence-electron chi connectivity index (χ0n) is 19.4.